The zero-order valence-corrected chi connectivity index (χ0v) is 17.7. The van der Waals surface area contributed by atoms with Crippen molar-refractivity contribution in [2.24, 2.45) is 5.92 Å². The summed E-state index contributed by atoms with van der Waals surface area (Å²) in [5.41, 5.74) is 2.55. The number of benzene rings is 1. The summed E-state index contributed by atoms with van der Waals surface area (Å²) in [4.78, 5) is 30.6. The molecule has 29 heavy (non-hydrogen) atoms. The number of fused-ring (bicyclic) bond motifs is 2. The number of piperidine rings is 1. The molecule has 1 atom stereocenters. The van der Waals surface area contributed by atoms with Crippen LogP contribution in [0.2, 0.25) is 0 Å². The predicted molar refractivity (Wildman–Crippen MR) is 113 cm³/mol. The highest BCUT2D eigenvalue weighted by molar-refractivity contribution is 5.94. The largest absolute Gasteiger partial charge is 0.449 e. The van der Waals surface area contributed by atoms with Gasteiger partial charge >= 0.3 is 6.09 Å². The molecule has 1 aromatic rings. The highest BCUT2D eigenvalue weighted by Gasteiger charge is 2.45. The number of rotatable bonds is 4. The van der Waals surface area contributed by atoms with Crippen molar-refractivity contribution in [1.29, 1.82) is 0 Å². The van der Waals surface area contributed by atoms with Crippen molar-refractivity contribution >= 4 is 17.7 Å². The molecule has 3 heterocycles. The van der Waals surface area contributed by atoms with Crippen molar-refractivity contribution in [2.45, 2.75) is 44.9 Å². The first kappa shape index (κ1) is 20.2. The van der Waals surface area contributed by atoms with Crippen LogP contribution in [0.1, 0.15) is 45.1 Å². The molecule has 1 aromatic carbocycles. The molecule has 0 radical (unpaired) electrons. The number of nitrogens with zero attached hydrogens (tertiary/aromatic N) is 3. The van der Waals surface area contributed by atoms with E-state index in [1.54, 1.807) is 6.92 Å². The monoisotopic (exact) mass is 399 g/mol. The lowest BCUT2D eigenvalue weighted by Crippen LogP contribution is -2.47. The third kappa shape index (κ3) is 4.00. The van der Waals surface area contributed by atoms with Gasteiger partial charge in [-0.3, -0.25) is 4.79 Å². The van der Waals surface area contributed by atoms with E-state index < -0.39 is 0 Å². The Morgan fingerprint density at radius 2 is 1.93 bits per heavy atom. The minimum absolute atomic E-state index is 0.102. The van der Waals surface area contributed by atoms with Crippen molar-refractivity contribution in [2.75, 3.05) is 50.8 Å². The quantitative estimate of drug-likeness (QED) is 0.780. The molecule has 1 spiro atoms. The molecule has 2 fully saturated rings. The molecule has 2 amide bonds. The Kier molecular flexibility index (Phi) is 5.81. The van der Waals surface area contributed by atoms with Gasteiger partial charge in [0, 0.05) is 44.2 Å². The first-order valence-electron chi connectivity index (χ1n) is 11.0. The van der Waals surface area contributed by atoms with Gasteiger partial charge in [0.15, 0.2) is 0 Å². The number of ether oxygens (including phenoxy) is 1. The van der Waals surface area contributed by atoms with E-state index in [1.165, 1.54) is 5.56 Å². The standard InChI is InChI=1S/C23H33N3O3/c1-3-14-29-22(28)25-11-8-19(16-25)15-24-12-9-23(10-13-24)17-26(18(2)27)21-7-5-4-6-20(21)23/h4-7,19H,3,8-17H2,1-2H3/t19-/m1/s1. The Hall–Kier alpha value is -2.08. The second kappa shape index (κ2) is 8.34. The molecular weight excluding hydrogens is 366 g/mol. The minimum atomic E-state index is -0.154. The van der Waals surface area contributed by atoms with Gasteiger partial charge in [-0.15, -0.1) is 0 Å². The Bertz CT molecular complexity index is 757. The number of hydrogen-bond donors (Lipinski definition) is 0. The molecule has 0 N–H and O–H groups in total. The second-order valence-electron chi connectivity index (χ2n) is 8.92. The van der Waals surface area contributed by atoms with Gasteiger partial charge < -0.3 is 19.4 Å². The average Bonchev–Trinajstić information content (AvgIpc) is 3.32. The first-order chi connectivity index (χ1) is 14.0. The molecule has 0 aromatic heterocycles. The highest BCUT2D eigenvalue weighted by Crippen LogP contribution is 2.47. The maximum absolute atomic E-state index is 12.2. The SMILES string of the molecule is CCCOC(=O)N1CC[C@H](CN2CCC3(CC2)CN(C(C)=O)c2ccccc23)C1. The number of likely N-dealkylation sites (tertiary alicyclic amines) is 2. The predicted octanol–water partition coefficient (Wildman–Crippen LogP) is 3.26. The van der Waals surface area contributed by atoms with E-state index in [0.717, 1.165) is 70.6 Å². The lowest BCUT2D eigenvalue weighted by molar-refractivity contribution is -0.116. The van der Waals surface area contributed by atoms with Gasteiger partial charge in [-0.2, -0.15) is 0 Å². The average molecular weight is 400 g/mol. The van der Waals surface area contributed by atoms with Gasteiger partial charge in [-0.05, 0) is 56.3 Å². The van der Waals surface area contributed by atoms with E-state index in [2.05, 4.69) is 23.1 Å². The van der Waals surface area contributed by atoms with Crippen LogP contribution in [-0.4, -0.2) is 67.7 Å². The summed E-state index contributed by atoms with van der Waals surface area (Å²) < 4.78 is 5.28. The lowest BCUT2D eigenvalue weighted by Gasteiger charge is -2.40. The first-order valence-corrected chi connectivity index (χ1v) is 11.0. The summed E-state index contributed by atoms with van der Waals surface area (Å²) in [6, 6.07) is 8.43. The van der Waals surface area contributed by atoms with E-state index >= 15 is 0 Å². The van der Waals surface area contributed by atoms with E-state index in [-0.39, 0.29) is 17.4 Å². The topological polar surface area (TPSA) is 53.1 Å². The van der Waals surface area contributed by atoms with Gasteiger partial charge in [-0.25, -0.2) is 4.79 Å². The van der Waals surface area contributed by atoms with Crippen molar-refractivity contribution in [3.63, 3.8) is 0 Å². The highest BCUT2D eigenvalue weighted by atomic mass is 16.6. The van der Waals surface area contributed by atoms with E-state index in [4.69, 9.17) is 4.74 Å². The molecule has 4 rings (SSSR count). The van der Waals surface area contributed by atoms with Crippen LogP contribution < -0.4 is 4.90 Å². The molecule has 3 aliphatic rings. The van der Waals surface area contributed by atoms with Crippen molar-refractivity contribution < 1.29 is 14.3 Å². The smallest absolute Gasteiger partial charge is 0.409 e. The molecule has 6 nitrogen and oxygen atoms in total. The lowest BCUT2D eigenvalue weighted by atomic mass is 9.74. The summed E-state index contributed by atoms with van der Waals surface area (Å²) in [6.07, 6.45) is 3.94. The molecule has 2 saturated heterocycles. The third-order valence-corrected chi connectivity index (χ3v) is 6.91. The molecule has 0 bridgehead atoms. The van der Waals surface area contributed by atoms with Crippen LogP contribution in [0.3, 0.4) is 0 Å². The summed E-state index contributed by atoms with van der Waals surface area (Å²) in [5, 5.41) is 0. The molecule has 0 unspecified atom stereocenters. The van der Waals surface area contributed by atoms with Gasteiger partial charge in [0.2, 0.25) is 5.91 Å². The van der Waals surface area contributed by atoms with Crippen LogP contribution in [0.15, 0.2) is 24.3 Å². The fourth-order valence-corrected chi connectivity index (χ4v) is 5.30. The number of amides is 2. The molecule has 6 heteroatoms. The summed E-state index contributed by atoms with van der Waals surface area (Å²) in [6.45, 7) is 9.78. The van der Waals surface area contributed by atoms with E-state index in [9.17, 15) is 9.59 Å². The summed E-state index contributed by atoms with van der Waals surface area (Å²) in [7, 11) is 0. The van der Waals surface area contributed by atoms with Gasteiger partial charge in [0.25, 0.3) is 0 Å². The number of hydrogen-bond acceptors (Lipinski definition) is 4. The zero-order valence-electron chi connectivity index (χ0n) is 17.7. The van der Waals surface area contributed by atoms with Crippen molar-refractivity contribution in [3.05, 3.63) is 29.8 Å². The Labute approximate surface area is 173 Å². The Balaban J connectivity index is 1.33. The van der Waals surface area contributed by atoms with Crippen LogP contribution in [0, 0.1) is 5.92 Å². The van der Waals surface area contributed by atoms with Gasteiger partial charge in [0.1, 0.15) is 0 Å². The fraction of sp³-hybridized carbons (Fsp3) is 0.652. The van der Waals surface area contributed by atoms with Crippen LogP contribution >= 0.6 is 0 Å². The van der Waals surface area contributed by atoms with Gasteiger partial charge in [0.05, 0.1) is 6.61 Å². The van der Waals surface area contributed by atoms with Gasteiger partial charge in [-0.1, -0.05) is 25.1 Å². The third-order valence-electron chi connectivity index (χ3n) is 6.91. The number of carbonyl (C=O) groups excluding carboxylic acids is 2. The van der Waals surface area contributed by atoms with Crippen LogP contribution in [0.4, 0.5) is 10.5 Å². The maximum Gasteiger partial charge on any atom is 0.409 e. The van der Waals surface area contributed by atoms with Crippen LogP contribution in [0.5, 0.6) is 0 Å². The summed E-state index contributed by atoms with van der Waals surface area (Å²) in [5.74, 6) is 0.667. The summed E-state index contributed by atoms with van der Waals surface area (Å²) >= 11 is 0. The minimum Gasteiger partial charge on any atom is -0.449 e. The second-order valence-corrected chi connectivity index (χ2v) is 8.92. The van der Waals surface area contributed by atoms with Crippen molar-refractivity contribution in [3.8, 4) is 0 Å². The van der Waals surface area contributed by atoms with E-state index in [1.807, 2.05) is 22.8 Å². The molecule has 0 saturated carbocycles. The maximum atomic E-state index is 12.2. The molecule has 3 aliphatic heterocycles. The Morgan fingerprint density at radius 3 is 2.66 bits per heavy atom. The number of para-hydroxylation sites is 1. The zero-order chi connectivity index (χ0) is 20.4. The Morgan fingerprint density at radius 1 is 1.17 bits per heavy atom. The van der Waals surface area contributed by atoms with Crippen molar-refractivity contribution in [1.82, 2.24) is 9.80 Å². The normalized spacial score (nSPS) is 23.4. The fourth-order valence-electron chi connectivity index (χ4n) is 5.30. The number of carbonyl (C=O) groups is 2. The van der Waals surface area contributed by atoms with E-state index in [0.29, 0.717) is 12.5 Å². The molecule has 0 aliphatic carbocycles. The van der Waals surface area contributed by atoms with Crippen LogP contribution in [0.25, 0.3) is 0 Å². The molecule has 158 valence electrons. The van der Waals surface area contributed by atoms with Crippen LogP contribution in [-0.2, 0) is 14.9 Å². The number of anilines is 1. The molecular formula is C23H33N3O3.